The molecule has 1 aromatic rings. The van der Waals surface area contributed by atoms with Gasteiger partial charge in [-0.2, -0.15) is 0 Å². The van der Waals surface area contributed by atoms with E-state index >= 15 is 0 Å². The fraction of sp³-hybridized carbons (Fsp3) is 0.500. The van der Waals surface area contributed by atoms with E-state index in [0.29, 0.717) is 12.6 Å². The molecule has 2 rings (SSSR count). The summed E-state index contributed by atoms with van der Waals surface area (Å²) in [7, 11) is 1.73. The van der Waals surface area contributed by atoms with Crippen LogP contribution >= 0.6 is 0 Å². The molecular formula is C12H16NO2. The van der Waals surface area contributed by atoms with E-state index in [9.17, 15) is 0 Å². The van der Waals surface area contributed by atoms with Gasteiger partial charge in [0.25, 0.3) is 0 Å². The van der Waals surface area contributed by atoms with E-state index in [4.69, 9.17) is 9.47 Å². The molecule has 1 saturated heterocycles. The van der Waals surface area contributed by atoms with Gasteiger partial charge >= 0.3 is 0 Å². The summed E-state index contributed by atoms with van der Waals surface area (Å²) in [6.07, 6.45) is 0. The van der Waals surface area contributed by atoms with E-state index in [1.54, 1.807) is 7.11 Å². The Balaban J connectivity index is 2.11. The van der Waals surface area contributed by atoms with Gasteiger partial charge in [0.15, 0.2) is 0 Å². The molecule has 0 saturated carbocycles. The number of nitrogens with zero attached hydrogens (tertiary/aromatic N) is 1. The van der Waals surface area contributed by atoms with Crippen LogP contribution in [0.5, 0.6) is 0 Å². The van der Waals surface area contributed by atoms with Crippen molar-refractivity contribution in [2.45, 2.75) is 6.04 Å². The van der Waals surface area contributed by atoms with Crippen LogP contribution < -0.4 is 4.90 Å². The van der Waals surface area contributed by atoms with Gasteiger partial charge < -0.3 is 14.4 Å². The largest absolute Gasteiger partial charge is 0.382 e. The van der Waals surface area contributed by atoms with E-state index in [1.165, 1.54) is 5.69 Å². The maximum Gasteiger partial charge on any atom is 0.0758 e. The molecule has 3 nitrogen and oxygen atoms in total. The molecule has 0 spiro atoms. The molecule has 1 aliphatic rings. The van der Waals surface area contributed by atoms with Crippen LogP contribution in [0.25, 0.3) is 0 Å². The van der Waals surface area contributed by atoms with Crippen molar-refractivity contribution in [3.8, 4) is 0 Å². The maximum atomic E-state index is 5.46. The third kappa shape index (κ3) is 2.49. The molecular weight excluding hydrogens is 190 g/mol. The SMILES string of the molecule is COC[C@@H]1COCCN1c1cc[c]cc1. The first-order valence-corrected chi connectivity index (χ1v) is 5.21. The first-order valence-electron chi connectivity index (χ1n) is 5.21. The molecule has 1 fully saturated rings. The predicted molar refractivity (Wildman–Crippen MR) is 59.1 cm³/mol. The molecule has 0 aromatic heterocycles. The molecule has 0 bridgehead atoms. The van der Waals surface area contributed by atoms with E-state index in [-0.39, 0.29) is 0 Å². The van der Waals surface area contributed by atoms with Gasteiger partial charge in [0.2, 0.25) is 0 Å². The molecule has 3 heteroatoms. The highest BCUT2D eigenvalue weighted by molar-refractivity contribution is 5.47. The van der Waals surface area contributed by atoms with Crippen LogP contribution in [0.4, 0.5) is 5.69 Å². The number of anilines is 1. The van der Waals surface area contributed by atoms with E-state index in [2.05, 4.69) is 23.1 Å². The Kier molecular flexibility index (Phi) is 3.59. The van der Waals surface area contributed by atoms with E-state index in [1.807, 2.05) is 12.1 Å². The molecule has 1 aliphatic heterocycles. The van der Waals surface area contributed by atoms with Crippen LogP contribution in [-0.2, 0) is 9.47 Å². The fourth-order valence-corrected chi connectivity index (χ4v) is 1.89. The highest BCUT2D eigenvalue weighted by Crippen LogP contribution is 2.18. The average Bonchev–Trinajstić information content (AvgIpc) is 2.31. The average molecular weight is 206 g/mol. The topological polar surface area (TPSA) is 21.7 Å². The Bertz CT molecular complexity index is 287. The summed E-state index contributed by atoms with van der Waals surface area (Å²) in [6, 6.07) is 11.4. The van der Waals surface area contributed by atoms with Gasteiger partial charge in [0, 0.05) is 19.3 Å². The van der Waals surface area contributed by atoms with Crippen molar-refractivity contribution in [2.24, 2.45) is 0 Å². The number of benzene rings is 1. The summed E-state index contributed by atoms with van der Waals surface area (Å²) in [4.78, 5) is 2.33. The summed E-state index contributed by atoms with van der Waals surface area (Å²) in [5.74, 6) is 0. The third-order valence-corrected chi connectivity index (χ3v) is 2.62. The van der Waals surface area contributed by atoms with Crippen molar-refractivity contribution in [1.29, 1.82) is 0 Å². The van der Waals surface area contributed by atoms with Crippen molar-refractivity contribution in [3.05, 3.63) is 30.3 Å². The molecule has 81 valence electrons. The van der Waals surface area contributed by atoms with Crippen molar-refractivity contribution < 1.29 is 9.47 Å². The number of morpholine rings is 1. The Labute approximate surface area is 90.6 Å². The second-order valence-electron chi connectivity index (χ2n) is 3.64. The van der Waals surface area contributed by atoms with Gasteiger partial charge in [-0.25, -0.2) is 0 Å². The van der Waals surface area contributed by atoms with Crippen molar-refractivity contribution in [2.75, 3.05) is 38.4 Å². The van der Waals surface area contributed by atoms with Gasteiger partial charge in [-0.05, 0) is 18.2 Å². The van der Waals surface area contributed by atoms with Crippen LogP contribution in [-0.4, -0.2) is 39.5 Å². The lowest BCUT2D eigenvalue weighted by atomic mass is 10.2. The van der Waals surface area contributed by atoms with Crippen LogP contribution in [0, 0.1) is 6.07 Å². The normalized spacial score (nSPS) is 21.7. The Morgan fingerprint density at radius 3 is 3.07 bits per heavy atom. The van der Waals surface area contributed by atoms with Crippen molar-refractivity contribution in [1.82, 2.24) is 0 Å². The molecule has 0 unspecified atom stereocenters. The lowest BCUT2D eigenvalue weighted by Gasteiger charge is -2.36. The zero-order chi connectivity index (χ0) is 10.5. The van der Waals surface area contributed by atoms with Crippen LogP contribution in [0.15, 0.2) is 24.3 Å². The molecule has 1 aromatic carbocycles. The fourth-order valence-electron chi connectivity index (χ4n) is 1.89. The Morgan fingerprint density at radius 2 is 2.33 bits per heavy atom. The standard InChI is InChI=1S/C12H16NO2/c1-14-9-12-10-15-8-7-13(12)11-5-3-2-4-6-11/h3-6,12H,7-10H2,1H3/t12-/m1/s1. The minimum absolute atomic E-state index is 0.325. The molecule has 1 heterocycles. The third-order valence-electron chi connectivity index (χ3n) is 2.62. The predicted octanol–water partition coefficient (Wildman–Crippen LogP) is 1.34. The highest BCUT2D eigenvalue weighted by Gasteiger charge is 2.22. The van der Waals surface area contributed by atoms with Crippen LogP contribution in [0.3, 0.4) is 0 Å². The summed E-state index contributed by atoms with van der Waals surface area (Å²) >= 11 is 0. The number of hydrogen-bond donors (Lipinski definition) is 0. The molecule has 15 heavy (non-hydrogen) atoms. The molecule has 1 atom stereocenters. The molecule has 0 aliphatic carbocycles. The molecule has 1 radical (unpaired) electrons. The van der Waals surface area contributed by atoms with Crippen LogP contribution in [0.2, 0.25) is 0 Å². The summed E-state index contributed by atoms with van der Waals surface area (Å²) < 4.78 is 10.7. The minimum Gasteiger partial charge on any atom is -0.382 e. The first kappa shape index (κ1) is 10.5. The van der Waals surface area contributed by atoms with Gasteiger partial charge in [-0.15, -0.1) is 0 Å². The van der Waals surface area contributed by atoms with Gasteiger partial charge in [-0.3, -0.25) is 0 Å². The quantitative estimate of drug-likeness (QED) is 0.745. The van der Waals surface area contributed by atoms with E-state index < -0.39 is 0 Å². The lowest BCUT2D eigenvalue weighted by Crippen LogP contribution is -2.48. The number of hydrogen-bond acceptors (Lipinski definition) is 3. The van der Waals surface area contributed by atoms with Gasteiger partial charge in [0.1, 0.15) is 0 Å². The minimum atomic E-state index is 0.325. The second-order valence-corrected chi connectivity index (χ2v) is 3.64. The first-order chi connectivity index (χ1) is 7.42. The molecule has 0 amide bonds. The monoisotopic (exact) mass is 206 g/mol. The van der Waals surface area contributed by atoms with Crippen LogP contribution in [0.1, 0.15) is 0 Å². The Hall–Kier alpha value is -1.06. The number of methoxy groups -OCH3 is 1. The number of rotatable bonds is 3. The maximum absolute atomic E-state index is 5.46. The number of ether oxygens (including phenoxy) is 2. The summed E-state index contributed by atoms with van der Waals surface area (Å²) in [6.45, 7) is 3.17. The Morgan fingerprint density at radius 1 is 1.53 bits per heavy atom. The van der Waals surface area contributed by atoms with Gasteiger partial charge in [-0.1, -0.05) is 12.1 Å². The zero-order valence-corrected chi connectivity index (χ0v) is 8.98. The molecule has 0 N–H and O–H groups in total. The zero-order valence-electron chi connectivity index (χ0n) is 8.98. The second kappa shape index (κ2) is 5.14. The van der Waals surface area contributed by atoms with Crippen molar-refractivity contribution in [3.63, 3.8) is 0 Å². The van der Waals surface area contributed by atoms with E-state index in [0.717, 1.165) is 19.8 Å². The summed E-state index contributed by atoms with van der Waals surface area (Å²) in [5.41, 5.74) is 1.22. The lowest BCUT2D eigenvalue weighted by molar-refractivity contribution is 0.0602. The van der Waals surface area contributed by atoms with Crippen molar-refractivity contribution >= 4 is 5.69 Å². The van der Waals surface area contributed by atoms with Gasteiger partial charge in [0.05, 0.1) is 25.9 Å². The highest BCUT2D eigenvalue weighted by atomic mass is 16.5. The smallest absolute Gasteiger partial charge is 0.0758 e. The summed E-state index contributed by atoms with van der Waals surface area (Å²) in [5, 5.41) is 0.